The number of pyridine rings is 6. The Morgan fingerprint density at radius 3 is 0.898 bits per heavy atom. The van der Waals surface area contributed by atoms with Crippen LogP contribution in [-0.2, 0) is 0 Å². The van der Waals surface area contributed by atoms with E-state index in [1.807, 2.05) is 73.6 Å². The molecule has 0 radical (unpaired) electrons. The minimum absolute atomic E-state index is 0.860. The first kappa shape index (κ1) is 81.8. The van der Waals surface area contributed by atoms with Crippen molar-refractivity contribution in [2.75, 3.05) is 0 Å². The van der Waals surface area contributed by atoms with Crippen LogP contribution >= 0.6 is 0 Å². The summed E-state index contributed by atoms with van der Waals surface area (Å²) in [5.41, 5.74) is 31.5. The van der Waals surface area contributed by atoms with E-state index in [0.29, 0.717) is 0 Å². The molecule has 0 atom stereocenters. The van der Waals surface area contributed by atoms with Crippen LogP contribution in [0.1, 0.15) is 0 Å². The molecular weight excluding hydrogens is 1660 g/mol. The lowest BCUT2D eigenvalue weighted by Gasteiger charge is -2.19. The molecule has 137 heavy (non-hydrogen) atoms. The molecule has 0 fully saturated rings. The van der Waals surface area contributed by atoms with E-state index in [0.717, 1.165) is 78.7 Å². The quantitative estimate of drug-likeness (QED) is 0.100. The largest absolute Gasteiger partial charge is 0.292 e. The lowest BCUT2D eigenvalue weighted by Crippen LogP contribution is -1.97. The summed E-state index contributed by atoms with van der Waals surface area (Å²) < 4.78 is 2.26. The predicted molar refractivity (Wildman–Crippen MR) is 571 cm³/mol. The molecule has 7 aromatic heterocycles. The molecule has 8 heteroatoms. The van der Waals surface area contributed by atoms with Crippen molar-refractivity contribution in [2.45, 2.75) is 0 Å². The van der Waals surface area contributed by atoms with Crippen molar-refractivity contribution < 1.29 is 0 Å². The molecule has 8 nitrogen and oxygen atoms in total. The third-order valence-electron chi connectivity index (χ3n) is 26.5. The number of aromatic nitrogens is 8. The molecule has 0 spiro atoms. The standard InChI is InChI=1S/C53H34N2.C42H28N2.C34H22N4/c1-2-16-44(17-3-1)55-50-21-11-10-20-49(50)54-53(55)38-26-22-37(23-27-38)41-30-31-47-48(34-41)52(43-29-25-36-13-5-7-15-40(36)33-43)46-19-9-8-18-45(46)51(47)42-28-24-35-12-4-6-14-39(35)32-42;1-2-8-29(9-3-1)34-16-17-39-40(28-34)42(36-13-7-11-33(27-36)31-20-24-44-25-21-31)38-15-5-4-14-37(38)41(39)35-12-6-10-32(26-35)30-18-22-43-23-19-30;1-2-10-26-25(9-1)33(23-15-17-31(37-21-23)29-13-5-7-19-35-29)27-11-3-4-12-28(27)34(26)24-16-18-32(38-22-24)30-14-6-8-20-36-30/h1-34H;1-28H;1-22H. The van der Waals surface area contributed by atoms with Gasteiger partial charge < -0.3 is 0 Å². The summed E-state index contributed by atoms with van der Waals surface area (Å²) in [6.45, 7) is 0. The molecule has 0 N–H and O–H groups in total. The Labute approximate surface area is 792 Å². The van der Waals surface area contributed by atoms with E-state index < -0.39 is 0 Å². The van der Waals surface area contributed by atoms with E-state index in [-0.39, 0.29) is 0 Å². The maximum atomic E-state index is 5.12. The van der Waals surface area contributed by atoms with E-state index in [2.05, 4.69) is 449 Å². The van der Waals surface area contributed by atoms with Crippen molar-refractivity contribution >= 4 is 97.2 Å². The molecule has 0 saturated heterocycles. The zero-order valence-corrected chi connectivity index (χ0v) is 74.6. The van der Waals surface area contributed by atoms with Gasteiger partial charge in [0.25, 0.3) is 0 Å². The molecule has 640 valence electrons. The Bertz CT molecular complexity index is 8830. The summed E-state index contributed by atoms with van der Waals surface area (Å²) in [7, 11) is 0. The molecule has 0 aliphatic heterocycles. The minimum Gasteiger partial charge on any atom is -0.292 e. The molecule has 7 heterocycles. The highest BCUT2D eigenvalue weighted by atomic mass is 15.1. The van der Waals surface area contributed by atoms with Crippen molar-refractivity contribution in [3.8, 4) is 151 Å². The first-order valence-corrected chi connectivity index (χ1v) is 46.3. The second-order valence-electron chi connectivity index (χ2n) is 34.5. The predicted octanol–water partition coefficient (Wildman–Crippen LogP) is 33.7. The van der Waals surface area contributed by atoms with Crippen LogP contribution in [0.15, 0.2) is 511 Å². The van der Waals surface area contributed by atoms with Gasteiger partial charge in [0.2, 0.25) is 0 Å². The second-order valence-corrected chi connectivity index (χ2v) is 34.5. The van der Waals surface area contributed by atoms with Gasteiger partial charge in [-0.25, -0.2) is 4.98 Å². The Kier molecular flexibility index (Phi) is 21.5. The molecular formula is C129H84N8. The monoisotopic (exact) mass is 1740 g/mol. The maximum absolute atomic E-state index is 5.12. The number of nitrogens with zero attached hydrogens (tertiary/aromatic N) is 8. The van der Waals surface area contributed by atoms with E-state index in [1.54, 1.807) is 12.4 Å². The van der Waals surface area contributed by atoms with Crippen LogP contribution in [-0.4, -0.2) is 39.5 Å². The molecule has 26 rings (SSSR count). The highest BCUT2D eigenvalue weighted by Crippen LogP contribution is 2.51. The maximum Gasteiger partial charge on any atom is 0.145 e. The summed E-state index contributed by atoms with van der Waals surface area (Å²) in [4.78, 5) is 32.0. The van der Waals surface area contributed by atoms with Gasteiger partial charge in [0.15, 0.2) is 0 Å². The zero-order chi connectivity index (χ0) is 90.9. The van der Waals surface area contributed by atoms with Crippen LogP contribution in [0, 0.1) is 0 Å². The number of benzene rings is 19. The number of hydrogen-bond donors (Lipinski definition) is 0. The van der Waals surface area contributed by atoms with E-state index in [4.69, 9.17) is 15.0 Å². The minimum atomic E-state index is 0.860. The first-order chi connectivity index (χ1) is 68.0. The van der Waals surface area contributed by atoms with Gasteiger partial charge in [0.05, 0.1) is 33.8 Å². The third kappa shape index (κ3) is 15.7. The fraction of sp³-hybridized carbons (Fsp3) is 0. The molecule has 0 aliphatic carbocycles. The lowest BCUT2D eigenvalue weighted by molar-refractivity contribution is 1.10. The fourth-order valence-electron chi connectivity index (χ4n) is 20.1. The van der Waals surface area contributed by atoms with Crippen LogP contribution in [0.2, 0.25) is 0 Å². The Balaban J connectivity index is 0.000000114. The van der Waals surface area contributed by atoms with Gasteiger partial charge in [-0.3, -0.25) is 34.5 Å². The van der Waals surface area contributed by atoms with Gasteiger partial charge in [-0.1, -0.05) is 340 Å². The smallest absolute Gasteiger partial charge is 0.145 e. The van der Waals surface area contributed by atoms with Gasteiger partial charge in [-0.15, -0.1) is 0 Å². The van der Waals surface area contributed by atoms with Gasteiger partial charge in [0, 0.05) is 72.0 Å². The number of imidazole rings is 1. The van der Waals surface area contributed by atoms with Gasteiger partial charge in [0.1, 0.15) is 5.82 Å². The first-order valence-electron chi connectivity index (χ1n) is 46.3. The van der Waals surface area contributed by atoms with Crippen molar-refractivity contribution in [1.29, 1.82) is 0 Å². The SMILES string of the molecule is c1ccc(-c2ccc(-c3c4ccccc4c(-c4ccc(-c5ccccn5)nc4)c4ccccc34)cn2)nc1.c1ccc(-c2ccc3c(-c4cccc(-c5ccncc5)c4)c4ccccc4c(-c4cccc(-c5ccncc5)c4)c3c2)cc1.c1ccc(-n2c(-c3ccc(-c4ccc5c(-c6ccc7ccccc7c6)c6ccccc6c(-c6ccc7ccccc7c6)c5c4)cc3)nc3ccccc32)cc1. The van der Waals surface area contributed by atoms with Crippen LogP contribution in [0.3, 0.4) is 0 Å². The van der Waals surface area contributed by atoms with Gasteiger partial charge in [-0.05, 0) is 308 Å². The van der Waals surface area contributed by atoms with E-state index >= 15 is 0 Å². The normalized spacial score (nSPS) is 11.4. The van der Waals surface area contributed by atoms with Gasteiger partial charge in [-0.2, -0.15) is 0 Å². The molecule has 0 aliphatic rings. The average molecular weight is 1750 g/mol. The Morgan fingerprint density at radius 2 is 0.467 bits per heavy atom. The van der Waals surface area contributed by atoms with Crippen molar-refractivity contribution in [3.63, 3.8) is 0 Å². The summed E-state index contributed by atoms with van der Waals surface area (Å²) in [6, 6.07) is 165. The van der Waals surface area contributed by atoms with Crippen LogP contribution < -0.4 is 0 Å². The molecule has 0 bridgehead atoms. The topological polar surface area (TPSA) is 95.2 Å². The molecule has 19 aromatic carbocycles. The summed E-state index contributed by atoms with van der Waals surface area (Å²) in [5, 5.41) is 19.6. The van der Waals surface area contributed by atoms with Crippen LogP contribution in [0.25, 0.3) is 248 Å². The zero-order valence-electron chi connectivity index (χ0n) is 74.6. The van der Waals surface area contributed by atoms with Crippen LogP contribution in [0.5, 0.6) is 0 Å². The van der Waals surface area contributed by atoms with Crippen molar-refractivity contribution in [1.82, 2.24) is 39.5 Å². The molecule has 26 aromatic rings. The van der Waals surface area contributed by atoms with Crippen molar-refractivity contribution in [2.24, 2.45) is 0 Å². The van der Waals surface area contributed by atoms with Gasteiger partial charge >= 0.3 is 0 Å². The number of fused-ring (bicyclic) bond motifs is 9. The third-order valence-corrected chi connectivity index (χ3v) is 26.5. The summed E-state index contributed by atoms with van der Waals surface area (Å²) >= 11 is 0. The van der Waals surface area contributed by atoms with Crippen molar-refractivity contribution in [3.05, 3.63) is 511 Å². The number of hydrogen-bond acceptors (Lipinski definition) is 7. The second kappa shape index (κ2) is 36.1. The van der Waals surface area contributed by atoms with Crippen LogP contribution in [0.4, 0.5) is 0 Å². The molecule has 0 unspecified atom stereocenters. The lowest BCUT2D eigenvalue weighted by atomic mass is 9.84. The van der Waals surface area contributed by atoms with E-state index in [9.17, 15) is 0 Å². The highest BCUT2D eigenvalue weighted by molar-refractivity contribution is 6.25. The number of rotatable bonds is 14. The molecule has 0 amide bonds. The molecule has 0 saturated carbocycles. The number of para-hydroxylation sites is 3. The summed E-state index contributed by atoms with van der Waals surface area (Å²) in [5.74, 6) is 0.933. The summed E-state index contributed by atoms with van der Waals surface area (Å²) in [6.07, 6.45) is 14.9. The Hall–Kier alpha value is -18.4. The Morgan fingerprint density at radius 1 is 0.161 bits per heavy atom. The highest BCUT2D eigenvalue weighted by Gasteiger charge is 2.25. The van der Waals surface area contributed by atoms with E-state index in [1.165, 1.54) is 170 Å². The average Bonchev–Trinajstić information content (AvgIpc) is 1.43. The fourth-order valence-corrected chi connectivity index (χ4v) is 20.1.